The van der Waals surface area contributed by atoms with E-state index < -0.39 is 0 Å². The highest BCUT2D eigenvalue weighted by molar-refractivity contribution is 4.93. The second-order valence-electron chi connectivity index (χ2n) is 4.74. The molecule has 2 unspecified atom stereocenters. The highest BCUT2D eigenvalue weighted by Gasteiger charge is 2.33. The van der Waals surface area contributed by atoms with Crippen LogP contribution in [0.4, 0.5) is 0 Å². The third kappa shape index (κ3) is 3.72. The molecule has 0 aromatic rings. The summed E-state index contributed by atoms with van der Waals surface area (Å²) in [5.41, 5.74) is 5.75. The summed E-state index contributed by atoms with van der Waals surface area (Å²) >= 11 is 0. The van der Waals surface area contributed by atoms with Crippen LogP contribution >= 0.6 is 0 Å². The number of methoxy groups -OCH3 is 1. The summed E-state index contributed by atoms with van der Waals surface area (Å²) in [6.45, 7) is 1.79. The van der Waals surface area contributed by atoms with Crippen molar-refractivity contribution in [2.75, 3.05) is 33.9 Å². The molecule has 0 heterocycles. The number of rotatable bonds is 5. The van der Waals surface area contributed by atoms with Crippen molar-refractivity contribution >= 4 is 0 Å². The molecule has 4 nitrogen and oxygen atoms in total. The van der Waals surface area contributed by atoms with E-state index in [4.69, 9.17) is 10.5 Å². The van der Waals surface area contributed by atoms with Crippen LogP contribution in [0.25, 0.3) is 0 Å². The van der Waals surface area contributed by atoms with Crippen LogP contribution in [0.3, 0.4) is 0 Å². The van der Waals surface area contributed by atoms with Crippen LogP contribution in [0.15, 0.2) is 0 Å². The molecule has 3 N–H and O–H groups in total. The van der Waals surface area contributed by atoms with Gasteiger partial charge in [-0.25, -0.2) is 0 Å². The molecular formula is C11H24N2O2. The van der Waals surface area contributed by atoms with Crippen molar-refractivity contribution < 1.29 is 9.84 Å². The lowest BCUT2D eigenvalue weighted by Gasteiger charge is -2.40. The molecule has 2 atom stereocenters. The number of aliphatic hydroxyl groups excluding tert-OH is 1. The third-order valence-electron chi connectivity index (χ3n) is 3.44. The number of nitrogens with two attached hydrogens (primary N) is 1. The van der Waals surface area contributed by atoms with Crippen LogP contribution in [0.2, 0.25) is 0 Å². The lowest BCUT2D eigenvalue weighted by Crippen LogP contribution is -2.52. The van der Waals surface area contributed by atoms with Gasteiger partial charge in [0.1, 0.15) is 0 Å². The number of ether oxygens (including phenoxy) is 1. The van der Waals surface area contributed by atoms with Crippen LogP contribution in [-0.2, 0) is 4.74 Å². The van der Waals surface area contributed by atoms with E-state index in [-0.39, 0.29) is 12.1 Å². The number of nitrogens with zero attached hydrogens (tertiary/aromatic N) is 1. The first-order valence-corrected chi connectivity index (χ1v) is 5.70. The molecule has 0 saturated heterocycles. The maximum atomic E-state index is 9.26. The Hall–Kier alpha value is -0.160. The molecule has 0 spiro atoms. The van der Waals surface area contributed by atoms with E-state index >= 15 is 0 Å². The standard InChI is InChI=1S/C11H24N2O2/c1-13(6-7-15-2)10-4-3-5-11(12,8-10)9-14/h10,14H,3-9,12H2,1-2H3. The van der Waals surface area contributed by atoms with Gasteiger partial charge in [0.2, 0.25) is 0 Å². The van der Waals surface area contributed by atoms with Crippen LogP contribution in [-0.4, -0.2) is 55.5 Å². The van der Waals surface area contributed by atoms with E-state index in [1.54, 1.807) is 7.11 Å². The average molecular weight is 216 g/mol. The third-order valence-corrected chi connectivity index (χ3v) is 3.44. The Balaban J connectivity index is 2.41. The Morgan fingerprint density at radius 2 is 2.33 bits per heavy atom. The molecule has 0 amide bonds. The first-order valence-electron chi connectivity index (χ1n) is 5.70. The zero-order chi connectivity index (χ0) is 11.3. The monoisotopic (exact) mass is 216 g/mol. The second kappa shape index (κ2) is 5.80. The molecule has 1 saturated carbocycles. The van der Waals surface area contributed by atoms with Gasteiger partial charge in [0, 0.05) is 25.2 Å². The predicted octanol–water partition coefficient (Wildman–Crippen LogP) is 0.197. The fourth-order valence-corrected chi connectivity index (χ4v) is 2.30. The number of hydrogen-bond acceptors (Lipinski definition) is 4. The quantitative estimate of drug-likeness (QED) is 0.689. The van der Waals surface area contributed by atoms with Crippen LogP contribution in [0, 0.1) is 0 Å². The van der Waals surface area contributed by atoms with Gasteiger partial charge in [-0.3, -0.25) is 0 Å². The molecule has 1 aliphatic carbocycles. The van der Waals surface area contributed by atoms with E-state index in [1.165, 1.54) is 6.42 Å². The zero-order valence-electron chi connectivity index (χ0n) is 9.91. The summed E-state index contributed by atoms with van der Waals surface area (Å²) in [6.07, 6.45) is 4.13. The molecule has 1 fully saturated rings. The minimum Gasteiger partial charge on any atom is -0.394 e. The smallest absolute Gasteiger partial charge is 0.0611 e. The van der Waals surface area contributed by atoms with E-state index in [0.717, 1.165) is 32.4 Å². The lowest BCUT2D eigenvalue weighted by molar-refractivity contribution is 0.0768. The van der Waals surface area contributed by atoms with Gasteiger partial charge in [0.25, 0.3) is 0 Å². The van der Waals surface area contributed by atoms with Gasteiger partial charge in [-0.15, -0.1) is 0 Å². The SMILES string of the molecule is COCCN(C)C1CCCC(N)(CO)C1. The van der Waals surface area contributed by atoms with Gasteiger partial charge in [0.05, 0.1) is 13.2 Å². The van der Waals surface area contributed by atoms with Gasteiger partial charge in [0.15, 0.2) is 0 Å². The maximum absolute atomic E-state index is 9.26. The normalized spacial score (nSPS) is 32.2. The summed E-state index contributed by atoms with van der Waals surface area (Å²) in [5.74, 6) is 0. The number of likely N-dealkylation sites (N-methyl/N-ethyl adjacent to an activating group) is 1. The van der Waals surface area contributed by atoms with Crippen molar-refractivity contribution in [3.05, 3.63) is 0 Å². The van der Waals surface area contributed by atoms with Gasteiger partial charge in [-0.1, -0.05) is 0 Å². The fourth-order valence-electron chi connectivity index (χ4n) is 2.30. The van der Waals surface area contributed by atoms with Gasteiger partial charge >= 0.3 is 0 Å². The van der Waals surface area contributed by atoms with Crippen molar-refractivity contribution in [2.24, 2.45) is 5.73 Å². The molecule has 0 aliphatic heterocycles. The van der Waals surface area contributed by atoms with Crippen molar-refractivity contribution in [1.29, 1.82) is 0 Å². The second-order valence-corrected chi connectivity index (χ2v) is 4.74. The predicted molar refractivity (Wildman–Crippen MR) is 60.8 cm³/mol. The summed E-state index contributed by atoms with van der Waals surface area (Å²) in [7, 11) is 3.82. The van der Waals surface area contributed by atoms with Gasteiger partial charge in [-0.2, -0.15) is 0 Å². The fraction of sp³-hybridized carbons (Fsp3) is 1.00. The highest BCUT2D eigenvalue weighted by atomic mass is 16.5. The molecule has 0 aromatic carbocycles. The largest absolute Gasteiger partial charge is 0.394 e. The molecule has 1 rings (SSSR count). The van der Waals surface area contributed by atoms with Crippen molar-refractivity contribution in [3.8, 4) is 0 Å². The minimum atomic E-state index is -0.357. The van der Waals surface area contributed by atoms with E-state index in [2.05, 4.69) is 11.9 Å². The summed E-state index contributed by atoms with van der Waals surface area (Å²) < 4.78 is 5.06. The van der Waals surface area contributed by atoms with Gasteiger partial charge < -0.3 is 20.5 Å². The molecule has 4 heteroatoms. The first kappa shape index (κ1) is 12.9. The Morgan fingerprint density at radius 3 is 2.93 bits per heavy atom. The van der Waals surface area contributed by atoms with Crippen molar-refractivity contribution in [1.82, 2.24) is 4.90 Å². The van der Waals surface area contributed by atoms with Crippen LogP contribution in [0.5, 0.6) is 0 Å². The average Bonchev–Trinajstić information content (AvgIpc) is 2.26. The van der Waals surface area contributed by atoms with Crippen molar-refractivity contribution in [2.45, 2.75) is 37.3 Å². The Morgan fingerprint density at radius 1 is 1.60 bits per heavy atom. The number of aliphatic hydroxyl groups is 1. The molecule has 0 radical (unpaired) electrons. The Labute approximate surface area is 92.4 Å². The Kier molecular flexibility index (Phi) is 4.99. The van der Waals surface area contributed by atoms with Gasteiger partial charge in [-0.05, 0) is 32.7 Å². The van der Waals surface area contributed by atoms with Crippen molar-refractivity contribution in [3.63, 3.8) is 0 Å². The van der Waals surface area contributed by atoms with E-state index in [1.807, 2.05) is 0 Å². The molecule has 0 bridgehead atoms. The summed E-state index contributed by atoms with van der Waals surface area (Å²) in [5, 5.41) is 9.26. The number of hydrogen-bond donors (Lipinski definition) is 2. The van der Waals surface area contributed by atoms with Crippen LogP contribution < -0.4 is 5.73 Å². The summed E-state index contributed by atoms with van der Waals surface area (Å²) in [6, 6.07) is 0.492. The maximum Gasteiger partial charge on any atom is 0.0611 e. The van der Waals surface area contributed by atoms with E-state index in [9.17, 15) is 5.11 Å². The molecule has 90 valence electrons. The van der Waals surface area contributed by atoms with E-state index in [0.29, 0.717) is 6.04 Å². The Bertz CT molecular complexity index is 189. The first-order chi connectivity index (χ1) is 7.11. The lowest BCUT2D eigenvalue weighted by atomic mass is 9.80. The molecule has 15 heavy (non-hydrogen) atoms. The topological polar surface area (TPSA) is 58.7 Å². The van der Waals surface area contributed by atoms with Crippen LogP contribution in [0.1, 0.15) is 25.7 Å². The minimum absolute atomic E-state index is 0.0988. The zero-order valence-corrected chi connectivity index (χ0v) is 9.91. The molecule has 0 aromatic heterocycles. The molecule has 1 aliphatic rings. The summed E-state index contributed by atoms with van der Waals surface area (Å²) in [4.78, 5) is 2.29. The molecular weight excluding hydrogens is 192 g/mol. The highest BCUT2D eigenvalue weighted by Crippen LogP contribution is 2.28.